The zero-order chi connectivity index (χ0) is 13.1. The number of hydrogen-bond donors (Lipinski definition) is 0. The maximum Gasteiger partial charge on any atom is 0.0589 e. The van der Waals surface area contributed by atoms with Gasteiger partial charge in [-0.3, -0.25) is 9.88 Å². The Morgan fingerprint density at radius 3 is 2.47 bits per heavy atom. The van der Waals surface area contributed by atoms with E-state index in [1.54, 1.807) is 7.11 Å². The molecule has 1 aromatic heterocycles. The number of ether oxygens (including phenoxy) is 1. The lowest BCUT2D eigenvalue weighted by Crippen LogP contribution is -2.26. The highest BCUT2D eigenvalue weighted by Gasteiger charge is 2.03. The minimum absolute atomic E-state index is 0.785. The Bertz CT molecular complexity index is 272. The van der Waals surface area contributed by atoms with E-state index in [9.17, 15) is 0 Å². The Morgan fingerprint density at radius 1 is 1.29 bits per heavy atom. The molecule has 1 rings (SSSR count). The molecule has 0 aliphatic carbocycles. The third-order valence-corrected chi connectivity index (χ3v) is 2.44. The van der Waals surface area contributed by atoms with E-state index in [1.807, 2.05) is 27.0 Å². The van der Waals surface area contributed by atoms with Crippen LogP contribution in [0.25, 0.3) is 0 Å². The summed E-state index contributed by atoms with van der Waals surface area (Å²) in [7, 11) is 1.74. The Kier molecular flexibility index (Phi) is 9.68. The van der Waals surface area contributed by atoms with Crippen LogP contribution in [0.5, 0.6) is 0 Å². The first-order valence-corrected chi connectivity index (χ1v) is 6.39. The van der Waals surface area contributed by atoms with Crippen molar-refractivity contribution >= 4 is 0 Å². The number of rotatable bonds is 6. The van der Waals surface area contributed by atoms with Crippen LogP contribution in [0.1, 0.15) is 32.0 Å². The first kappa shape index (κ1) is 16.1. The van der Waals surface area contributed by atoms with Crippen molar-refractivity contribution in [2.24, 2.45) is 0 Å². The zero-order valence-electron chi connectivity index (χ0n) is 11.9. The van der Waals surface area contributed by atoms with E-state index in [0.717, 1.165) is 31.9 Å². The van der Waals surface area contributed by atoms with Gasteiger partial charge in [-0.25, -0.2) is 0 Å². The molecule has 0 unspecified atom stereocenters. The number of methoxy groups -OCH3 is 1. The Hall–Kier alpha value is -0.930. The summed E-state index contributed by atoms with van der Waals surface area (Å²) in [6.45, 7) is 11.9. The number of hydrogen-bond acceptors (Lipinski definition) is 3. The molecule has 98 valence electrons. The molecular formula is C14H26N2O. The van der Waals surface area contributed by atoms with E-state index in [0.29, 0.717) is 0 Å². The van der Waals surface area contributed by atoms with Gasteiger partial charge in [0.2, 0.25) is 0 Å². The smallest absolute Gasteiger partial charge is 0.0589 e. The SMILES string of the molecule is CC.CCN(CCOC)Cc1ccc(C)nc1. The van der Waals surface area contributed by atoms with Gasteiger partial charge in [-0.15, -0.1) is 0 Å². The van der Waals surface area contributed by atoms with E-state index < -0.39 is 0 Å². The van der Waals surface area contributed by atoms with Gasteiger partial charge >= 0.3 is 0 Å². The van der Waals surface area contributed by atoms with Crippen LogP contribution in [-0.4, -0.2) is 36.7 Å². The predicted molar refractivity (Wildman–Crippen MR) is 73.1 cm³/mol. The van der Waals surface area contributed by atoms with Gasteiger partial charge in [0.05, 0.1) is 6.61 Å². The van der Waals surface area contributed by atoms with Crippen LogP contribution in [0.4, 0.5) is 0 Å². The molecule has 0 bridgehead atoms. The lowest BCUT2D eigenvalue weighted by Gasteiger charge is -2.19. The molecule has 0 saturated heterocycles. The molecule has 3 nitrogen and oxygen atoms in total. The summed E-state index contributed by atoms with van der Waals surface area (Å²) in [6.07, 6.45) is 1.95. The molecule has 0 aromatic carbocycles. The van der Waals surface area contributed by atoms with Crippen molar-refractivity contribution in [3.63, 3.8) is 0 Å². The molecule has 1 aromatic rings. The minimum atomic E-state index is 0.785. The van der Waals surface area contributed by atoms with Gasteiger partial charge in [0.1, 0.15) is 0 Å². The van der Waals surface area contributed by atoms with Gasteiger partial charge < -0.3 is 4.74 Å². The third-order valence-electron chi connectivity index (χ3n) is 2.44. The summed E-state index contributed by atoms with van der Waals surface area (Å²) in [5.74, 6) is 0. The van der Waals surface area contributed by atoms with Crippen molar-refractivity contribution in [3.05, 3.63) is 29.6 Å². The van der Waals surface area contributed by atoms with Crippen molar-refractivity contribution in [1.29, 1.82) is 0 Å². The Morgan fingerprint density at radius 2 is 2.00 bits per heavy atom. The van der Waals surface area contributed by atoms with Crippen LogP contribution >= 0.6 is 0 Å². The zero-order valence-corrected chi connectivity index (χ0v) is 11.9. The van der Waals surface area contributed by atoms with Crippen LogP contribution in [0.15, 0.2) is 18.3 Å². The van der Waals surface area contributed by atoms with Crippen molar-refractivity contribution < 1.29 is 4.74 Å². The minimum Gasteiger partial charge on any atom is -0.383 e. The summed E-state index contributed by atoms with van der Waals surface area (Å²) in [5.41, 5.74) is 2.33. The monoisotopic (exact) mass is 238 g/mol. The molecule has 0 atom stereocenters. The van der Waals surface area contributed by atoms with Crippen molar-refractivity contribution in [2.75, 3.05) is 26.8 Å². The summed E-state index contributed by atoms with van der Waals surface area (Å²) in [6, 6.07) is 4.19. The number of aryl methyl sites for hydroxylation is 1. The van der Waals surface area contributed by atoms with Crippen LogP contribution < -0.4 is 0 Å². The van der Waals surface area contributed by atoms with Crippen LogP contribution in [0.2, 0.25) is 0 Å². The Balaban J connectivity index is 0.00000121. The molecule has 0 spiro atoms. The fourth-order valence-corrected chi connectivity index (χ4v) is 1.42. The molecule has 0 fully saturated rings. The molecule has 0 aliphatic rings. The van der Waals surface area contributed by atoms with Crippen LogP contribution in [-0.2, 0) is 11.3 Å². The van der Waals surface area contributed by atoms with E-state index in [-0.39, 0.29) is 0 Å². The quantitative estimate of drug-likeness (QED) is 0.762. The molecule has 0 N–H and O–H groups in total. The second-order valence-corrected chi connectivity index (χ2v) is 3.67. The molecule has 0 amide bonds. The normalized spacial score (nSPS) is 10.0. The second kappa shape index (κ2) is 10.2. The average Bonchev–Trinajstić information content (AvgIpc) is 2.39. The highest BCUT2D eigenvalue weighted by atomic mass is 16.5. The van der Waals surface area contributed by atoms with Gasteiger partial charge in [0.25, 0.3) is 0 Å². The lowest BCUT2D eigenvalue weighted by atomic mass is 10.2. The maximum absolute atomic E-state index is 5.07. The number of aromatic nitrogens is 1. The summed E-state index contributed by atoms with van der Waals surface area (Å²) >= 11 is 0. The van der Waals surface area contributed by atoms with E-state index in [4.69, 9.17) is 4.74 Å². The molecule has 0 aliphatic heterocycles. The van der Waals surface area contributed by atoms with E-state index in [1.165, 1.54) is 5.56 Å². The highest BCUT2D eigenvalue weighted by molar-refractivity contribution is 5.12. The molecule has 17 heavy (non-hydrogen) atoms. The van der Waals surface area contributed by atoms with Crippen molar-refractivity contribution in [3.8, 4) is 0 Å². The fourth-order valence-electron chi connectivity index (χ4n) is 1.42. The molecular weight excluding hydrogens is 212 g/mol. The van der Waals surface area contributed by atoms with Gasteiger partial charge in [0, 0.05) is 32.1 Å². The van der Waals surface area contributed by atoms with Crippen molar-refractivity contribution in [1.82, 2.24) is 9.88 Å². The van der Waals surface area contributed by atoms with E-state index >= 15 is 0 Å². The third kappa shape index (κ3) is 7.08. The first-order valence-electron chi connectivity index (χ1n) is 6.39. The van der Waals surface area contributed by atoms with Gasteiger partial charge in [-0.2, -0.15) is 0 Å². The van der Waals surface area contributed by atoms with Crippen LogP contribution in [0.3, 0.4) is 0 Å². The molecule has 0 radical (unpaired) electrons. The molecule has 0 saturated carbocycles. The molecule has 1 heterocycles. The summed E-state index contributed by atoms with van der Waals surface area (Å²) < 4.78 is 5.07. The Labute approximate surface area is 106 Å². The van der Waals surface area contributed by atoms with Gasteiger partial charge in [0.15, 0.2) is 0 Å². The van der Waals surface area contributed by atoms with Gasteiger partial charge in [-0.05, 0) is 25.1 Å². The van der Waals surface area contributed by atoms with Crippen LogP contribution in [0, 0.1) is 6.92 Å². The first-order chi connectivity index (χ1) is 8.26. The number of likely N-dealkylation sites (N-methyl/N-ethyl adjacent to an activating group) is 1. The number of nitrogens with zero attached hydrogens (tertiary/aromatic N) is 2. The summed E-state index contributed by atoms with van der Waals surface area (Å²) in [5, 5.41) is 0. The standard InChI is InChI=1S/C12H20N2O.C2H6/c1-4-14(7-8-15-3)10-12-6-5-11(2)13-9-12;1-2/h5-6,9H,4,7-8,10H2,1-3H3;1-2H3. The van der Waals surface area contributed by atoms with Gasteiger partial charge in [-0.1, -0.05) is 26.8 Å². The van der Waals surface area contributed by atoms with Crippen molar-refractivity contribution in [2.45, 2.75) is 34.2 Å². The summed E-state index contributed by atoms with van der Waals surface area (Å²) in [4.78, 5) is 6.63. The van der Waals surface area contributed by atoms with E-state index in [2.05, 4.69) is 28.9 Å². The topological polar surface area (TPSA) is 25.4 Å². The maximum atomic E-state index is 5.07. The average molecular weight is 238 g/mol. The molecule has 3 heteroatoms. The highest BCUT2D eigenvalue weighted by Crippen LogP contribution is 2.03. The largest absolute Gasteiger partial charge is 0.383 e. The lowest BCUT2D eigenvalue weighted by molar-refractivity contribution is 0.147. The second-order valence-electron chi connectivity index (χ2n) is 3.67. The number of pyridine rings is 1. The fraction of sp³-hybridized carbons (Fsp3) is 0.643. The predicted octanol–water partition coefficient (Wildman–Crippen LogP) is 2.88.